The van der Waals surface area contributed by atoms with Crippen molar-refractivity contribution < 1.29 is 14.5 Å². The van der Waals surface area contributed by atoms with Gasteiger partial charge in [-0.15, -0.1) is 0 Å². The van der Waals surface area contributed by atoms with Crippen LogP contribution in [0, 0.1) is 0 Å². The summed E-state index contributed by atoms with van der Waals surface area (Å²) in [7, 11) is -1.49. The predicted octanol–water partition coefficient (Wildman–Crippen LogP) is 1.10. The van der Waals surface area contributed by atoms with Gasteiger partial charge in [0.2, 0.25) is 0 Å². The van der Waals surface area contributed by atoms with Crippen LogP contribution in [-0.4, -0.2) is 22.2 Å². The van der Waals surface area contributed by atoms with Crippen LogP contribution in [0.25, 0.3) is 11.1 Å². The monoisotopic (exact) mass is 253 g/mol. The third-order valence-electron chi connectivity index (χ3n) is 2.95. The van der Waals surface area contributed by atoms with E-state index in [0.29, 0.717) is 23.4 Å². The van der Waals surface area contributed by atoms with Crippen molar-refractivity contribution in [2.24, 2.45) is 0 Å². The van der Waals surface area contributed by atoms with Crippen LogP contribution in [-0.2, 0) is 6.42 Å². The van der Waals surface area contributed by atoms with Gasteiger partial charge in [-0.1, -0.05) is 36.4 Å². The second kappa shape index (κ2) is 4.88. The molecule has 0 saturated carbocycles. The van der Waals surface area contributed by atoms with E-state index in [9.17, 15) is 0 Å². The Morgan fingerprint density at radius 3 is 2.58 bits per heavy atom. The van der Waals surface area contributed by atoms with Gasteiger partial charge in [0.05, 0.1) is 0 Å². The van der Waals surface area contributed by atoms with Gasteiger partial charge in [0.15, 0.2) is 11.5 Å². The smallest absolute Gasteiger partial charge is 0.440 e. The zero-order valence-corrected chi connectivity index (χ0v) is 10.2. The molecule has 0 unspecified atom stereocenters. The van der Waals surface area contributed by atoms with Crippen LogP contribution < -0.4 is 5.46 Å². The van der Waals surface area contributed by atoms with E-state index >= 15 is 0 Å². The molecular formula is C14H12BNO3. The Labute approximate surface area is 110 Å². The van der Waals surface area contributed by atoms with Crippen molar-refractivity contribution in [2.45, 2.75) is 6.42 Å². The largest absolute Gasteiger partial charge is 0.488 e. The molecule has 0 aliphatic carbocycles. The summed E-state index contributed by atoms with van der Waals surface area (Å²) in [5.74, 6) is 0.616. The van der Waals surface area contributed by atoms with Gasteiger partial charge in [0, 0.05) is 6.42 Å². The molecule has 3 aromatic rings. The summed E-state index contributed by atoms with van der Waals surface area (Å²) < 4.78 is 5.63. The minimum absolute atomic E-state index is 0.398. The average Bonchev–Trinajstić information content (AvgIpc) is 2.80. The number of benzene rings is 2. The maximum atomic E-state index is 9.12. The fourth-order valence-electron chi connectivity index (χ4n) is 2.00. The minimum Gasteiger partial charge on any atom is -0.440 e. The lowest BCUT2D eigenvalue weighted by atomic mass is 9.80. The third-order valence-corrected chi connectivity index (χ3v) is 2.95. The molecule has 19 heavy (non-hydrogen) atoms. The molecule has 1 heterocycles. The first-order valence-electron chi connectivity index (χ1n) is 6.02. The Kier molecular flexibility index (Phi) is 3.07. The number of oxazole rings is 1. The fourth-order valence-corrected chi connectivity index (χ4v) is 2.00. The normalized spacial score (nSPS) is 10.8. The lowest BCUT2D eigenvalue weighted by molar-refractivity contribution is 0.425. The van der Waals surface area contributed by atoms with Gasteiger partial charge < -0.3 is 14.5 Å². The highest BCUT2D eigenvalue weighted by atomic mass is 16.4. The van der Waals surface area contributed by atoms with E-state index in [-0.39, 0.29) is 0 Å². The van der Waals surface area contributed by atoms with Crippen molar-refractivity contribution in [3.63, 3.8) is 0 Å². The predicted molar refractivity (Wildman–Crippen MR) is 73.1 cm³/mol. The summed E-state index contributed by atoms with van der Waals surface area (Å²) in [4.78, 5) is 4.38. The second-order valence-corrected chi connectivity index (χ2v) is 4.37. The van der Waals surface area contributed by atoms with Crippen LogP contribution in [0.4, 0.5) is 0 Å². The number of hydrogen-bond donors (Lipinski definition) is 2. The first kappa shape index (κ1) is 12.0. The van der Waals surface area contributed by atoms with Gasteiger partial charge >= 0.3 is 7.12 Å². The second-order valence-electron chi connectivity index (χ2n) is 4.37. The molecule has 0 spiro atoms. The summed E-state index contributed by atoms with van der Waals surface area (Å²) in [5.41, 5.74) is 2.80. The molecular weight excluding hydrogens is 241 g/mol. The molecule has 5 heteroatoms. The lowest BCUT2D eigenvalue weighted by Crippen LogP contribution is -2.29. The first-order chi connectivity index (χ1) is 9.22. The van der Waals surface area contributed by atoms with E-state index in [4.69, 9.17) is 14.5 Å². The summed E-state index contributed by atoms with van der Waals surface area (Å²) in [5, 5.41) is 18.2. The van der Waals surface area contributed by atoms with Crippen molar-refractivity contribution in [1.82, 2.24) is 4.98 Å². The van der Waals surface area contributed by atoms with Crippen molar-refractivity contribution in [1.29, 1.82) is 0 Å². The Bertz CT molecular complexity index is 694. The summed E-state index contributed by atoms with van der Waals surface area (Å²) >= 11 is 0. The molecule has 0 radical (unpaired) electrons. The summed E-state index contributed by atoms with van der Waals surface area (Å²) in [6.07, 6.45) is 0.618. The molecule has 0 aliphatic rings. The highest BCUT2D eigenvalue weighted by molar-refractivity contribution is 6.58. The molecule has 3 rings (SSSR count). The van der Waals surface area contributed by atoms with Crippen molar-refractivity contribution in [3.8, 4) is 0 Å². The SMILES string of the molecule is OB(O)c1ccc2nc(Cc3ccccc3)oc2c1. The average molecular weight is 253 g/mol. The number of nitrogens with zero attached hydrogens (tertiary/aromatic N) is 1. The quantitative estimate of drug-likeness (QED) is 0.686. The van der Waals surface area contributed by atoms with Gasteiger partial charge in [-0.3, -0.25) is 0 Å². The van der Waals surface area contributed by atoms with Gasteiger partial charge in [0.25, 0.3) is 0 Å². The van der Waals surface area contributed by atoms with Crippen LogP contribution in [0.3, 0.4) is 0 Å². The van der Waals surface area contributed by atoms with E-state index in [0.717, 1.165) is 11.1 Å². The van der Waals surface area contributed by atoms with E-state index in [1.165, 1.54) is 0 Å². The van der Waals surface area contributed by atoms with Crippen LogP contribution in [0.1, 0.15) is 11.5 Å². The Morgan fingerprint density at radius 1 is 1.05 bits per heavy atom. The Hall–Kier alpha value is -2.11. The van der Waals surface area contributed by atoms with Crippen molar-refractivity contribution in [2.75, 3.05) is 0 Å². The molecule has 0 aliphatic heterocycles. The molecule has 0 saturated heterocycles. The highest BCUT2D eigenvalue weighted by Crippen LogP contribution is 2.16. The molecule has 94 valence electrons. The van der Waals surface area contributed by atoms with Crippen LogP contribution in [0.15, 0.2) is 52.9 Å². The van der Waals surface area contributed by atoms with E-state index in [1.807, 2.05) is 30.3 Å². The molecule has 4 nitrogen and oxygen atoms in total. The fraction of sp³-hybridized carbons (Fsp3) is 0.0714. The van der Waals surface area contributed by atoms with E-state index in [2.05, 4.69) is 4.98 Å². The molecule has 2 aromatic carbocycles. The third kappa shape index (κ3) is 2.52. The van der Waals surface area contributed by atoms with Gasteiger partial charge in [0.1, 0.15) is 5.52 Å². The summed E-state index contributed by atoms with van der Waals surface area (Å²) in [6.45, 7) is 0. The van der Waals surface area contributed by atoms with E-state index in [1.54, 1.807) is 18.2 Å². The zero-order valence-electron chi connectivity index (χ0n) is 10.2. The van der Waals surface area contributed by atoms with Crippen molar-refractivity contribution >= 4 is 23.7 Å². The Balaban J connectivity index is 1.93. The molecule has 0 fully saturated rings. The van der Waals surface area contributed by atoms with Crippen LogP contribution in [0.2, 0.25) is 0 Å². The van der Waals surface area contributed by atoms with E-state index < -0.39 is 7.12 Å². The number of aromatic nitrogens is 1. The lowest BCUT2D eigenvalue weighted by Gasteiger charge is -1.96. The molecule has 0 amide bonds. The number of fused-ring (bicyclic) bond motifs is 1. The minimum atomic E-state index is -1.49. The molecule has 0 bridgehead atoms. The maximum absolute atomic E-state index is 9.12. The molecule has 2 N–H and O–H groups in total. The molecule has 1 aromatic heterocycles. The van der Waals surface area contributed by atoms with Crippen molar-refractivity contribution in [3.05, 3.63) is 60.0 Å². The standard InChI is InChI=1S/C14H12BNO3/c17-15(18)11-6-7-12-13(9-11)19-14(16-12)8-10-4-2-1-3-5-10/h1-7,9,17-18H,8H2. The number of rotatable bonds is 3. The Morgan fingerprint density at radius 2 is 1.84 bits per heavy atom. The maximum Gasteiger partial charge on any atom is 0.488 e. The number of hydrogen-bond acceptors (Lipinski definition) is 4. The van der Waals surface area contributed by atoms with Crippen LogP contribution >= 0.6 is 0 Å². The zero-order chi connectivity index (χ0) is 13.2. The summed E-state index contributed by atoms with van der Waals surface area (Å²) in [6, 6.07) is 14.9. The topological polar surface area (TPSA) is 66.5 Å². The van der Waals surface area contributed by atoms with Crippen LogP contribution in [0.5, 0.6) is 0 Å². The highest BCUT2D eigenvalue weighted by Gasteiger charge is 2.13. The van der Waals surface area contributed by atoms with Gasteiger partial charge in [-0.05, 0) is 23.2 Å². The molecule has 0 atom stereocenters. The van der Waals surface area contributed by atoms with Gasteiger partial charge in [-0.25, -0.2) is 4.98 Å². The first-order valence-corrected chi connectivity index (χ1v) is 6.02. The van der Waals surface area contributed by atoms with Gasteiger partial charge in [-0.2, -0.15) is 0 Å².